The SMILES string of the molecule is CCC(C)C.CCc1ccccn1. The van der Waals surface area contributed by atoms with E-state index in [0.29, 0.717) is 0 Å². The van der Waals surface area contributed by atoms with E-state index in [1.165, 1.54) is 6.42 Å². The largest absolute Gasteiger partial charge is 0.261 e. The fourth-order valence-electron chi connectivity index (χ4n) is 0.607. The minimum absolute atomic E-state index is 0.884. The normalized spacial score (nSPS) is 9.31. The van der Waals surface area contributed by atoms with Crippen LogP contribution in [0.4, 0.5) is 0 Å². The summed E-state index contributed by atoms with van der Waals surface area (Å²) in [7, 11) is 0. The lowest BCUT2D eigenvalue weighted by Gasteiger charge is -1.90. The third kappa shape index (κ3) is 7.51. The quantitative estimate of drug-likeness (QED) is 0.674. The molecule has 0 amide bonds. The molecule has 0 aliphatic heterocycles. The number of nitrogens with zero attached hydrogens (tertiary/aromatic N) is 1. The molecule has 74 valence electrons. The van der Waals surface area contributed by atoms with Crippen molar-refractivity contribution >= 4 is 0 Å². The molecule has 0 N–H and O–H groups in total. The maximum atomic E-state index is 4.10. The van der Waals surface area contributed by atoms with Crippen molar-refractivity contribution < 1.29 is 0 Å². The van der Waals surface area contributed by atoms with E-state index >= 15 is 0 Å². The minimum Gasteiger partial charge on any atom is -0.261 e. The van der Waals surface area contributed by atoms with Crippen LogP contribution in [0.1, 0.15) is 39.8 Å². The van der Waals surface area contributed by atoms with Crippen molar-refractivity contribution in [3.63, 3.8) is 0 Å². The van der Waals surface area contributed by atoms with Crippen molar-refractivity contribution in [3.8, 4) is 0 Å². The van der Waals surface area contributed by atoms with Gasteiger partial charge in [-0.1, -0.05) is 40.2 Å². The highest BCUT2D eigenvalue weighted by Crippen LogP contribution is 1.94. The molecule has 13 heavy (non-hydrogen) atoms. The molecule has 0 aliphatic rings. The van der Waals surface area contributed by atoms with E-state index in [1.54, 1.807) is 0 Å². The molecule has 0 spiro atoms. The van der Waals surface area contributed by atoms with Crippen LogP contribution in [0.15, 0.2) is 24.4 Å². The van der Waals surface area contributed by atoms with Crippen LogP contribution in [0.25, 0.3) is 0 Å². The summed E-state index contributed by atoms with van der Waals surface area (Å²) in [6.07, 6.45) is 4.15. The highest BCUT2D eigenvalue weighted by Gasteiger charge is 1.81. The molecule has 0 atom stereocenters. The number of aryl methyl sites for hydroxylation is 1. The average molecular weight is 179 g/mol. The molecular weight excluding hydrogens is 158 g/mol. The Morgan fingerprint density at radius 2 is 1.85 bits per heavy atom. The van der Waals surface area contributed by atoms with E-state index in [4.69, 9.17) is 0 Å². The third-order valence-corrected chi connectivity index (χ3v) is 1.90. The highest BCUT2D eigenvalue weighted by molar-refractivity contribution is 5.02. The Morgan fingerprint density at radius 3 is 2.08 bits per heavy atom. The van der Waals surface area contributed by atoms with E-state index in [1.807, 2.05) is 24.4 Å². The molecule has 1 aromatic rings. The number of hydrogen-bond donors (Lipinski definition) is 0. The number of rotatable bonds is 2. The molecule has 0 aliphatic carbocycles. The van der Waals surface area contributed by atoms with Crippen molar-refractivity contribution in [1.29, 1.82) is 0 Å². The Labute approximate surface area is 82.2 Å². The van der Waals surface area contributed by atoms with Gasteiger partial charge >= 0.3 is 0 Å². The number of aromatic nitrogens is 1. The van der Waals surface area contributed by atoms with Gasteiger partial charge in [-0.2, -0.15) is 0 Å². The molecule has 1 heterocycles. The van der Waals surface area contributed by atoms with E-state index in [9.17, 15) is 0 Å². The number of pyridine rings is 1. The summed E-state index contributed by atoms with van der Waals surface area (Å²) in [6.45, 7) is 8.74. The first-order chi connectivity index (χ1) is 6.20. The van der Waals surface area contributed by atoms with Gasteiger partial charge in [-0.15, -0.1) is 0 Å². The van der Waals surface area contributed by atoms with Crippen LogP contribution in [0.5, 0.6) is 0 Å². The molecule has 0 bridgehead atoms. The van der Waals surface area contributed by atoms with Gasteiger partial charge in [-0.25, -0.2) is 0 Å². The molecular formula is C12H21N. The van der Waals surface area contributed by atoms with Crippen LogP contribution in [0.2, 0.25) is 0 Å². The Kier molecular flexibility index (Phi) is 7.27. The van der Waals surface area contributed by atoms with Crippen LogP contribution >= 0.6 is 0 Å². The Bertz CT molecular complexity index is 192. The zero-order chi connectivity index (χ0) is 10.1. The van der Waals surface area contributed by atoms with E-state index in [0.717, 1.165) is 18.0 Å². The summed E-state index contributed by atoms with van der Waals surface area (Å²) in [5.41, 5.74) is 1.16. The molecule has 0 saturated heterocycles. The smallest absolute Gasteiger partial charge is 0.0400 e. The van der Waals surface area contributed by atoms with Gasteiger partial charge in [0.25, 0.3) is 0 Å². The first kappa shape index (κ1) is 12.2. The van der Waals surface area contributed by atoms with Crippen LogP contribution in [-0.2, 0) is 6.42 Å². The summed E-state index contributed by atoms with van der Waals surface area (Å²) in [5, 5.41) is 0. The van der Waals surface area contributed by atoms with Gasteiger partial charge in [-0.3, -0.25) is 4.98 Å². The van der Waals surface area contributed by atoms with Crippen molar-refractivity contribution in [2.75, 3.05) is 0 Å². The van der Waals surface area contributed by atoms with E-state index in [2.05, 4.69) is 32.7 Å². The van der Waals surface area contributed by atoms with Gasteiger partial charge in [0, 0.05) is 11.9 Å². The number of hydrogen-bond acceptors (Lipinski definition) is 1. The molecule has 0 radical (unpaired) electrons. The predicted octanol–water partition coefficient (Wildman–Crippen LogP) is 3.70. The van der Waals surface area contributed by atoms with E-state index < -0.39 is 0 Å². The van der Waals surface area contributed by atoms with Crippen molar-refractivity contribution in [2.45, 2.75) is 40.5 Å². The zero-order valence-corrected chi connectivity index (χ0v) is 9.25. The molecule has 0 saturated carbocycles. The molecule has 1 nitrogen and oxygen atoms in total. The minimum atomic E-state index is 0.884. The van der Waals surface area contributed by atoms with Crippen molar-refractivity contribution in [3.05, 3.63) is 30.1 Å². The monoisotopic (exact) mass is 179 g/mol. The molecule has 0 unspecified atom stereocenters. The van der Waals surface area contributed by atoms with Gasteiger partial charge in [0.05, 0.1) is 0 Å². The lowest BCUT2D eigenvalue weighted by atomic mass is 10.2. The maximum absolute atomic E-state index is 4.10. The first-order valence-corrected chi connectivity index (χ1v) is 5.10. The zero-order valence-electron chi connectivity index (χ0n) is 9.25. The summed E-state index contributed by atoms with van der Waals surface area (Å²) < 4.78 is 0. The topological polar surface area (TPSA) is 12.9 Å². The van der Waals surface area contributed by atoms with E-state index in [-0.39, 0.29) is 0 Å². The van der Waals surface area contributed by atoms with Crippen molar-refractivity contribution in [2.24, 2.45) is 5.92 Å². The molecule has 1 heteroatoms. The predicted molar refractivity (Wildman–Crippen MR) is 58.7 cm³/mol. The summed E-state index contributed by atoms with van der Waals surface area (Å²) in [6, 6.07) is 5.96. The maximum Gasteiger partial charge on any atom is 0.0400 e. The van der Waals surface area contributed by atoms with Crippen LogP contribution in [0, 0.1) is 5.92 Å². The summed E-state index contributed by atoms with van der Waals surface area (Å²) in [4.78, 5) is 4.10. The van der Waals surface area contributed by atoms with Gasteiger partial charge in [0.2, 0.25) is 0 Å². The summed E-state index contributed by atoms with van der Waals surface area (Å²) >= 11 is 0. The van der Waals surface area contributed by atoms with Gasteiger partial charge in [0.15, 0.2) is 0 Å². The second-order valence-corrected chi connectivity index (χ2v) is 3.48. The fraction of sp³-hybridized carbons (Fsp3) is 0.583. The first-order valence-electron chi connectivity index (χ1n) is 5.10. The molecule has 1 rings (SSSR count). The lowest BCUT2D eigenvalue weighted by molar-refractivity contribution is 0.626. The van der Waals surface area contributed by atoms with Crippen LogP contribution in [-0.4, -0.2) is 4.98 Å². The molecule has 1 aromatic heterocycles. The van der Waals surface area contributed by atoms with Gasteiger partial charge in [0.1, 0.15) is 0 Å². The molecule has 0 fully saturated rings. The standard InChI is InChI=1S/C7H9N.C5H12/c1-2-7-5-3-4-6-8-7;1-4-5(2)3/h3-6H,2H2,1H3;5H,4H2,1-3H3. The second-order valence-electron chi connectivity index (χ2n) is 3.48. The third-order valence-electron chi connectivity index (χ3n) is 1.90. The van der Waals surface area contributed by atoms with Gasteiger partial charge < -0.3 is 0 Å². The summed E-state index contributed by atoms with van der Waals surface area (Å²) in [5.74, 6) is 0.884. The second kappa shape index (κ2) is 7.78. The molecule has 0 aromatic carbocycles. The average Bonchev–Trinajstić information content (AvgIpc) is 2.20. The van der Waals surface area contributed by atoms with Crippen LogP contribution in [0.3, 0.4) is 0 Å². The van der Waals surface area contributed by atoms with Crippen molar-refractivity contribution in [1.82, 2.24) is 4.98 Å². The Balaban J connectivity index is 0.000000252. The Morgan fingerprint density at radius 1 is 1.23 bits per heavy atom. The van der Waals surface area contributed by atoms with Gasteiger partial charge in [-0.05, 0) is 24.5 Å². The fourth-order valence-corrected chi connectivity index (χ4v) is 0.607. The lowest BCUT2D eigenvalue weighted by Crippen LogP contribution is -1.81. The van der Waals surface area contributed by atoms with Crippen LogP contribution < -0.4 is 0 Å². The Hall–Kier alpha value is -0.850. The highest BCUT2D eigenvalue weighted by atomic mass is 14.6.